The molecule has 3 aromatic rings. The number of hydrogen-bond acceptors (Lipinski definition) is 5. The number of hydrogen-bond donors (Lipinski definition) is 1. The zero-order chi connectivity index (χ0) is 30.5. The summed E-state index contributed by atoms with van der Waals surface area (Å²) in [6, 6.07) is 17.8. The Balaban J connectivity index is 2.06. The van der Waals surface area contributed by atoms with Crippen LogP contribution in [0.5, 0.6) is 5.75 Å². The van der Waals surface area contributed by atoms with E-state index in [9.17, 15) is 18.0 Å². The third-order valence-corrected chi connectivity index (χ3v) is 9.10. The van der Waals surface area contributed by atoms with Crippen LogP contribution in [0.2, 0.25) is 0 Å². The number of carbonyl (C=O) groups is 2. The highest BCUT2D eigenvalue weighted by Gasteiger charge is 2.33. The third kappa shape index (κ3) is 8.56. The van der Waals surface area contributed by atoms with E-state index in [-0.39, 0.29) is 17.3 Å². The number of benzene rings is 3. The second kappa shape index (κ2) is 13.4. The van der Waals surface area contributed by atoms with Crippen LogP contribution >= 0.6 is 31.9 Å². The fourth-order valence-corrected chi connectivity index (χ4v) is 6.64. The van der Waals surface area contributed by atoms with E-state index in [2.05, 4.69) is 37.2 Å². The standard InChI is InChI=1S/C30H35Br2N3O5S/c1-20-10-12-24(13-11-20)35(41(38,39)25-14-15-27(40-6)26(32)17-25)19-28(36)34(18-22-8-7-9-23(31)16-22)21(2)29(37)33-30(3,4)5/h7-17,21H,18-19H2,1-6H3,(H,33,37). The summed E-state index contributed by atoms with van der Waals surface area (Å²) in [4.78, 5) is 28.6. The minimum atomic E-state index is -4.21. The van der Waals surface area contributed by atoms with Crippen molar-refractivity contribution in [2.45, 2.75) is 57.6 Å². The van der Waals surface area contributed by atoms with Gasteiger partial charge in [0.2, 0.25) is 11.8 Å². The van der Waals surface area contributed by atoms with Gasteiger partial charge in [0.15, 0.2) is 0 Å². The molecule has 0 fully saturated rings. The zero-order valence-electron chi connectivity index (χ0n) is 23.9. The van der Waals surface area contributed by atoms with Gasteiger partial charge in [-0.25, -0.2) is 8.42 Å². The molecule has 0 spiro atoms. The fraction of sp³-hybridized carbons (Fsp3) is 0.333. The summed E-state index contributed by atoms with van der Waals surface area (Å²) in [6.07, 6.45) is 0. The molecule has 0 bridgehead atoms. The Kier molecular flexibility index (Phi) is 10.7. The molecule has 1 unspecified atom stereocenters. The van der Waals surface area contributed by atoms with Crippen molar-refractivity contribution >= 4 is 59.4 Å². The van der Waals surface area contributed by atoms with E-state index in [0.717, 1.165) is 19.9 Å². The van der Waals surface area contributed by atoms with E-state index in [1.165, 1.54) is 24.1 Å². The summed E-state index contributed by atoms with van der Waals surface area (Å²) >= 11 is 6.82. The second-order valence-corrected chi connectivity index (χ2v) is 14.3. The summed E-state index contributed by atoms with van der Waals surface area (Å²) in [6.45, 7) is 8.69. The summed E-state index contributed by atoms with van der Waals surface area (Å²) in [5.41, 5.74) is 1.53. The minimum Gasteiger partial charge on any atom is -0.496 e. The number of rotatable bonds is 10. The zero-order valence-corrected chi connectivity index (χ0v) is 27.9. The van der Waals surface area contributed by atoms with E-state index in [1.807, 2.05) is 52.0 Å². The lowest BCUT2D eigenvalue weighted by atomic mass is 10.1. The number of halogens is 2. The summed E-state index contributed by atoms with van der Waals surface area (Å²) < 4.78 is 35.7. The molecule has 0 aromatic heterocycles. The Labute approximate surface area is 259 Å². The van der Waals surface area contributed by atoms with Crippen molar-refractivity contribution in [3.63, 3.8) is 0 Å². The molecule has 3 aromatic carbocycles. The van der Waals surface area contributed by atoms with Crippen LogP contribution in [-0.2, 0) is 26.2 Å². The maximum absolute atomic E-state index is 14.0. The lowest BCUT2D eigenvalue weighted by molar-refractivity contribution is -0.140. The van der Waals surface area contributed by atoms with Gasteiger partial charge in [-0.3, -0.25) is 13.9 Å². The number of aryl methyl sites for hydroxylation is 1. The van der Waals surface area contributed by atoms with Crippen molar-refractivity contribution in [3.05, 3.63) is 86.8 Å². The van der Waals surface area contributed by atoms with Gasteiger partial charge in [0.1, 0.15) is 18.3 Å². The Morgan fingerprint density at radius 3 is 2.22 bits per heavy atom. The van der Waals surface area contributed by atoms with Gasteiger partial charge in [-0.2, -0.15) is 0 Å². The van der Waals surface area contributed by atoms with Crippen LogP contribution in [0, 0.1) is 6.92 Å². The smallest absolute Gasteiger partial charge is 0.264 e. The van der Waals surface area contributed by atoms with E-state index >= 15 is 0 Å². The van der Waals surface area contributed by atoms with Gasteiger partial charge in [0, 0.05) is 16.6 Å². The topological polar surface area (TPSA) is 96.0 Å². The van der Waals surface area contributed by atoms with Crippen LogP contribution in [0.3, 0.4) is 0 Å². The number of amides is 2. The van der Waals surface area contributed by atoms with Crippen LogP contribution in [0.1, 0.15) is 38.8 Å². The van der Waals surface area contributed by atoms with E-state index < -0.39 is 34.1 Å². The number of carbonyl (C=O) groups excluding carboxylic acids is 2. The molecule has 0 aliphatic rings. The molecule has 1 atom stereocenters. The molecule has 0 saturated carbocycles. The Morgan fingerprint density at radius 1 is 1.00 bits per heavy atom. The highest BCUT2D eigenvalue weighted by molar-refractivity contribution is 9.10. The molecule has 0 radical (unpaired) electrons. The lowest BCUT2D eigenvalue weighted by Gasteiger charge is -2.33. The third-order valence-electron chi connectivity index (χ3n) is 6.22. The molecule has 8 nitrogen and oxygen atoms in total. The van der Waals surface area contributed by atoms with Gasteiger partial charge in [0.05, 0.1) is 22.2 Å². The summed E-state index contributed by atoms with van der Waals surface area (Å²) in [5.74, 6) is -0.399. The summed E-state index contributed by atoms with van der Waals surface area (Å²) in [5, 5.41) is 2.92. The fourth-order valence-electron chi connectivity index (χ4n) is 4.06. The second-order valence-electron chi connectivity index (χ2n) is 10.7. The maximum atomic E-state index is 14.0. The number of methoxy groups -OCH3 is 1. The van der Waals surface area contributed by atoms with Gasteiger partial charge in [-0.15, -0.1) is 0 Å². The van der Waals surface area contributed by atoms with Crippen LogP contribution in [0.15, 0.2) is 80.6 Å². The van der Waals surface area contributed by atoms with Gasteiger partial charge in [-0.05, 0) is 98.6 Å². The van der Waals surface area contributed by atoms with Crippen molar-refractivity contribution in [1.82, 2.24) is 10.2 Å². The average Bonchev–Trinajstić information content (AvgIpc) is 2.89. The van der Waals surface area contributed by atoms with Gasteiger partial charge in [0.25, 0.3) is 10.0 Å². The molecule has 0 heterocycles. The van der Waals surface area contributed by atoms with E-state index in [4.69, 9.17) is 4.74 Å². The molecule has 11 heteroatoms. The monoisotopic (exact) mass is 707 g/mol. The van der Waals surface area contributed by atoms with Crippen molar-refractivity contribution in [3.8, 4) is 5.75 Å². The number of nitrogens with one attached hydrogen (secondary N) is 1. The maximum Gasteiger partial charge on any atom is 0.264 e. The van der Waals surface area contributed by atoms with Gasteiger partial charge >= 0.3 is 0 Å². The predicted octanol–water partition coefficient (Wildman–Crippen LogP) is 6.06. The molecule has 0 saturated heterocycles. The summed E-state index contributed by atoms with van der Waals surface area (Å²) in [7, 11) is -2.72. The lowest BCUT2D eigenvalue weighted by Crippen LogP contribution is -2.54. The molecule has 2 amide bonds. The Hall–Kier alpha value is -2.89. The first-order chi connectivity index (χ1) is 19.1. The van der Waals surface area contributed by atoms with Crippen molar-refractivity contribution in [2.75, 3.05) is 18.0 Å². The average molecular weight is 710 g/mol. The molecular formula is C30H35Br2N3O5S. The molecule has 0 aliphatic heterocycles. The first-order valence-electron chi connectivity index (χ1n) is 12.9. The molecule has 220 valence electrons. The molecule has 3 rings (SSSR count). The molecular weight excluding hydrogens is 674 g/mol. The van der Waals surface area contributed by atoms with E-state index in [0.29, 0.717) is 15.9 Å². The number of sulfonamides is 1. The highest BCUT2D eigenvalue weighted by atomic mass is 79.9. The van der Waals surface area contributed by atoms with E-state index in [1.54, 1.807) is 37.3 Å². The molecule has 0 aliphatic carbocycles. The molecule has 1 N–H and O–H groups in total. The van der Waals surface area contributed by atoms with Gasteiger partial charge < -0.3 is 15.0 Å². The van der Waals surface area contributed by atoms with Crippen molar-refractivity contribution < 1.29 is 22.7 Å². The normalized spacial score (nSPS) is 12.4. The Morgan fingerprint density at radius 2 is 1.66 bits per heavy atom. The minimum absolute atomic E-state index is 0.0179. The SMILES string of the molecule is COc1ccc(S(=O)(=O)N(CC(=O)N(Cc2cccc(Br)c2)C(C)C(=O)NC(C)(C)C)c2ccc(C)cc2)cc1Br. The van der Waals surface area contributed by atoms with Crippen LogP contribution < -0.4 is 14.4 Å². The predicted molar refractivity (Wildman–Crippen MR) is 168 cm³/mol. The van der Waals surface area contributed by atoms with Crippen molar-refractivity contribution in [1.29, 1.82) is 0 Å². The first-order valence-corrected chi connectivity index (χ1v) is 15.9. The van der Waals surface area contributed by atoms with Crippen LogP contribution in [-0.4, -0.2) is 50.4 Å². The quantitative estimate of drug-likeness (QED) is 0.277. The number of anilines is 1. The van der Waals surface area contributed by atoms with Crippen LogP contribution in [0.4, 0.5) is 5.69 Å². The highest BCUT2D eigenvalue weighted by Crippen LogP contribution is 2.31. The number of ether oxygens (including phenoxy) is 1. The Bertz CT molecular complexity index is 1510. The largest absolute Gasteiger partial charge is 0.496 e. The first kappa shape index (κ1) is 32.6. The van der Waals surface area contributed by atoms with Crippen LogP contribution in [0.25, 0.3) is 0 Å². The van der Waals surface area contributed by atoms with Gasteiger partial charge in [-0.1, -0.05) is 45.8 Å². The number of nitrogens with zero attached hydrogens (tertiary/aromatic N) is 2. The van der Waals surface area contributed by atoms with Crippen molar-refractivity contribution in [2.24, 2.45) is 0 Å². The molecule has 41 heavy (non-hydrogen) atoms.